The number of pyridine rings is 1. The summed E-state index contributed by atoms with van der Waals surface area (Å²) < 4.78 is 0. The normalized spacial score (nSPS) is 17.9. The van der Waals surface area contributed by atoms with Crippen molar-refractivity contribution in [3.8, 4) is 0 Å². The van der Waals surface area contributed by atoms with Crippen molar-refractivity contribution in [2.45, 2.75) is 31.8 Å². The van der Waals surface area contributed by atoms with Crippen molar-refractivity contribution < 1.29 is 4.79 Å². The Balaban J connectivity index is 1.81. The van der Waals surface area contributed by atoms with Gasteiger partial charge in [0.2, 0.25) is 0 Å². The SMILES string of the molecule is C[C@@H](NC1CCN(C(=O)N(C)C)CC1)c1ccncc1. The number of amides is 2. The van der Waals surface area contributed by atoms with Crippen LogP contribution in [0.5, 0.6) is 0 Å². The van der Waals surface area contributed by atoms with Crippen LogP contribution >= 0.6 is 0 Å². The molecule has 2 amide bonds. The molecule has 0 saturated carbocycles. The maximum Gasteiger partial charge on any atom is 0.319 e. The molecule has 0 spiro atoms. The molecule has 2 heterocycles. The lowest BCUT2D eigenvalue weighted by Crippen LogP contribution is -2.48. The highest BCUT2D eigenvalue weighted by molar-refractivity contribution is 5.73. The van der Waals surface area contributed by atoms with Crippen molar-refractivity contribution in [1.29, 1.82) is 0 Å². The van der Waals surface area contributed by atoms with Crippen molar-refractivity contribution in [1.82, 2.24) is 20.1 Å². The predicted molar refractivity (Wildman–Crippen MR) is 79.5 cm³/mol. The molecule has 20 heavy (non-hydrogen) atoms. The number of hydrogen-bond donors (Lipinski definition) is 1. The van der Waals surface area contributed by atoms with Crippen molar-refractivity contribution in [3.05, 3.63) is 30.1 Å². The summed E-state index contributed by atoms with van der Waals surface area (Å²) in [5.74, 6) is 0. The van der Waals surface area contributed by atoms with E-state index in [1.807, 2.05) is 29.4 Å². The fourth-order valence-corrected chi connectivity index (χ4v) is 2.62. The van der Waals surface area contributed by atoms with E-state index in [4.69, 9.17) is 0 Å². The van der Waals surface area contributed by atoms with Gasteiger partial charge in [-0.2, -0.15) is 0 Å². The number of urea groups is 1. The van der Waals surface area contributed by atoms with E-state index < -0.39 is 0 Å². The van der Waals surface area contributed by atoms with Gasteiger partial charge in [-0.25, -0.2) is 4.79 Å². The van der Waals surface area contributed by atoms with E-state index >= 15 is 0 Å². The topological polar surface area (TPSA) is 48.5 Å². The van der Waals surface area contributed by atoms with Gasteiger partial charge in [-0.15, -0.1) is 0 Å². The highest BCUT2D eigenvalue weighted by atomic mass is 16.2. The largest absolute Gasteiger partial charge is 0.331 e. The maximum atomic E-state index is 11.9. The fourth-order valence-electron chi connectivity index (χ4n) is 2.62. The minimum absolute atomic E-state index is 0.116. The molecule has 1 aromatic rings. The Hall–Kier alpha value is -1.62. The van der Waals surface area contributed by atoms with Crippen LogP contribution in [0, 0.1) is 0 Å². The molecule has 1 atom stereocenters. The average Bonchev–Trinajstić information content (AvgIpc) is 2.48. The van der Waals surface area contributed by atoms with Crippen LogP contribution in [0.25, 0.3) is 0 Å². The van der Waals surface area contributed by atoms with Gasteiger partial charge in [0.1, 0.15) is 0 Å². The molecule has 2 rings (SSSR count). The highest BCUT2D eigenvalue weighted by Gasteiger charge is 2.24. The predicted octanol–water partition coefficient (Wildman–Crippen LogP) is 1.88. The third-order valence-electron chi connectivity index (χ3n) is 3.84. The molecule has 0 radical (unpaired) electrons. The summed E-state index contributed by atoms with van der Waals surface area (Å²) in [6.07, 6.45) is 5.67. The number of carbonyl (C=O) groups excluding carboxylic acids is 1. The summed E-state index contributed by atoms with van der Waals surface area (Å²) in [4.78, 5) is 19.5. The van der Waals surface area contributed by atoms with E-state index in [0.29, 0.717) is 12.1 Å². The van der Waals surface area contributed by atoms with Crippen molar-refractivity contribution in [2.24, 2.45) is 0 Å². The second-order valence-corrected chi connectivity index (χ2v) is 5.61. The van der Waals surface area contributed by atoms with Crippen molar-refractivity contribution in [2.75, 3.05) is 27.2 Å². The third-order valence-corrected chi connectivity index (χ3v) is 3.84. The number of rotatable bonds is 3. The Bertz CT molecular complexity index is 427. The summed E-state index contributed by atoms with van der Waals surface area (Å²) in [6, 6.07) is 5.00. The smallest absolute Gasteiger partial charge is 0.319 e. The van der Waals surface area contributed by atoms with Crippen LogP contribution in [0.15, 0.2) is 24.5 Å². The second-order valence-electron chi connectivity index (χ2n) is 5.61. The molecule has 0 unspecified atom stereocenters. The van der Waals surface area contributed by atoms with E-state index in [2.05, 4.69) is 17.2 Å². The van der Waals surface area contributed by atoms with Crippen LogP contribution in [0.1, 0.15) is 31.4 Å². The van der Waals surface area contributed by atoms with Crippen LogP contribution in [0.3, 0.4) is 0 Å². The summed E-state index contributed by atoms with van der Waals surface area (Å²) >= 11 is 0. The zero-order valence-corrected chi connectivity index (χ0v) is 12.5. The second kappa shape index (κ2) is 6.70. The molecule has 1 N–H and O–H groups in total. The van der Waals surface area contributed by atoms with Gasteiger partial charge in [0.05, 0.1) is 0 Å². The van der Waals surface area contributed by atoms with E-state index in [0.717, 1.165) is 25.9 Å². The Morgan fingerprint density at radius 3 is 2.50 bits per heavy atom. The summed E-state index contributed by atoms with van der Waals surface area (Å²) in [7, 11) is 3.61. The van der Waals surface area contributed by atoms with E-state index in [1.54, 1.807) is 19.0 Å². The summed E-state index contributed by atoms with van der Waals surface area (Å²) in [5, 5.41) is 3.64. The monoisotopic (exact) mass is 276 g/mol. The van der Waals surface area contributed by atoms with Crippen LogP contribution in [0.4, 0.5) is 4.79 Å². The highest BCUT2D eigenvalue weighted by Crippen LogP contribution is 2.17. The first-order valence-corrected chi connectivity index (χ1v) is 7.20. The van der Waals surface area contributed by atoms with Crippen LogP contribution < -0.4 is 5.32 Å². The van der Waals surface area contributed by atoms with Gasteiger partial charge in [-0.1, -0.05) is 0 Å². The Morgan fingerprint density at radius 2 is 1.95 bits per heavy atom. The summed E-state index contributed by atoms with van der Waals surface area (Å²) in [5.41, 5.74) is 1.26. The van der Waals surface area contributed by atoms with Gasteiger partial charge in [0.25, 0.3) is 0 Å². The van der Waals surface area contributed by atoms with E-state index in [-0.39, 0.29) is 6.03 Å². The number of carbonyl (C=O) groups is 1. The lowest BCUT2D eigenvalue weighted by Gasteiger charge is -2.35. The van der Waals surface area contributed by atoms with Crippen LogP contribution in [0.2, 0.25) is 0 Å². The van der Waals surface area contributed by atoms with Gasteiger partial charge < -0.3 is 15.1 Å². The molecule has 0 bridgehead atoms. The zero-order chi connectivity index (χ0) is 14.5. The number of nitrogens with one attached hydrogen (secondary N) is 1. The first kappa shape index (κ1) is 14.8. The summed E-state index contributed by atoms with van der Waals surface area (Å²) in [6.45, 7) is 3.84. The molecule has 5 heteroatoms. The minimum atomic E-state index is 0.116. The Morgan fingerprint density at radius 1 is 1.35 bits per heavy atom. The number of aromatic nitrogens is 1. The van der Waals surface area contributed by atoms with Crippen LogP contribution in [-0.2, 0) is 0 Å². The lowest BCUT2D eigenvalue weighted by molar-refractivity contribution is 0.151. The number of hydrogen-bond acceptors (Lipinski definition) is 3. The molecule has 1 saturated heterocycles. The van der Waals surface area contributed by atoms with Crippen molar-refractivity contribution >= 4 is 6.03 Å². The molecule has 110 valence electrons. The van der Waals surface area contributed by atoms with Crippen molar-refractivity contribution in [3.63, 3.8) is 0 Å². The molecule has 5 nitrogen and oxygen atoms in total. The molecular formula is C15H24N4O. The number of likely N-dealkylation sites (tertiary alicyclic amines) is 1. The fraction of sp³-hybridized carbons (Fsp3) is 0.600. The molecular weight excluding hydrogens is 252 g/mol. The molecule has 1 aliphatic rings. The first-order valence-electron chi connectivity index (χ1n) is 7.20. The van der Waals surface area contributed by atoms with Gasteiger partial charge in [0.15, 0.2) is 0 Å². The van der Waals surface area contributed by atoms with E-state index in [1.165, 1.54) is 5.56 Å². The van der Waals surface area contributed by atoms with Gasteiger partial charge in [-0.3, -0.25) is 4.98 Å². The van der Waals surface area contributed by atoms with Crippen LogP contribution in [-0.4, -0.2) is 54.0 Å². The molecule has 1 aromatic heterocycles. The Labute approximate surface area is 121 Å². The molecule has 1 aliphatic heterocycles. The number of nitrogens with zero attached hydrogens (tertiary/aromatic N) is 3. The minimum Gasteiger partial charge on any atom is -0.331 e. The van der Waals surface area contributed by atoms with E-state index in [9.17, 15) is 4.79 Å². The third kappa shape index (κ3) is 3.70. The number of piperidine rings is 1. The Kier molecular flexibility index (Phi) is 4.95. The molecule has 0 aromatic carbocycles. The van der Waals surface area contributed by atoms with Gasteiger partial charge in [0, 0.05) is 51.7 Å². The quantitative estimate of drug-likeness (QED) is 0.917. The zero-order valence-electron chi connectivity index (χ0n) is 12.5. The van der Waals surface area contributed by atoms with Gasteiger partial charge in [-0.05, 0) is 37.5 Å². The lowest BCUT2D eigenvalue weighted by atomic mass is 10.0. The maximum absolute atomic E-state index is 11.9. The molecule has 1 fully saturated rings. The van der Waals surface area contributed by atoms with Gasteiger partial charge >= 0.3 is 6.03 Å². The standard InChI is InChI=1S/C15H24N4O/c1-12(13-4-8-16-9-5-13)17-14-6-10-19(11-7-14)15(20)18(2)3/h4-5,8-9,12,14,17H,6-7,10-11H2,1-3H3/t12-/m1/s1. The average molecular weight is 276 g/mol. The first-order chi connectivity index (χ1) is 9.58. The molecule has 0 aliphatic carbocycles.